The number of hydrogen-bond acceptors (Lipinski definition) is 3. The second kappa shape index (κ2) is 6.08. The topological polar surface area (TPSA) is 52.4 Å². The molecular formula is C19H15FN6. The highest BCUT2D eigenvalue weighted by Crippen LogP contribution is 2.32. The van der Waals surface area contributed by atoms with Crippen molar-refractivity contribution < 1.29 is 4.39 Å². The Labute approximate surface area is 149 Å². The molecule has 0 N–H and O–H groups in total. The summed E-state index contributed by atoms with van der Waals surface area (Å²) < 4.78 is 16.8. The van der Waals surface area contributed by atoms with Crippen LogP contribution in [0.1, 0.15) is 19.9 Å². The summed E-state index contributed by atoms with van der Waals surface area (Å²) in [6, 6.07) is 10.1. The summed E-state index contributed by atoms with van der Waals surface area (Å²) in [5.41, 5.74) is 3.62. The molecular weight excluding hydrogens is 331 g/mol. The lowest BCUT2D eigenvalue weighted by molar-refractivity contribution is 0.604. The van der Waals surface area contributed by atoms with Crippen LogP contribution in [-0.4, -0.2) is 24.1 Å². The molecule has 6 nitrogen and oxygen atoms in total. The van der Waals surface area contributed by atoms with Crippen LogP contribution in [0.3, 0.4) is 0 Å². The number of aromatic nitrogens is 5. The lowest BCUT2D eigenvalue weighted by Crippen LogP contribution is -2.04. The fraction of sp³-hybridized carbons (Fsp3) is 0.158. The Kier molecular flexibility index (Phi) is 3.73. The number of halogens is 1. The lowest BCUT2D eigenvalue weighted by atomic mass is 10.1. The zero-order chi connectivity index (χ0) is 18.3. The molecule has 0 saturated carbocycles. The number of nitrogens with zero attached hydrogens (tertiary/aromatic N) is 6. The van der Waals surface area contributed by atoms with Crippen molar-refractivity contribution in [3.63, 3.8) is 0 Å². The molecule has 0 saturated heterocycles. The monoisotopic (exact) mass is 346 g/mol. The molecule has 4 rings (SSSR count). The molecule has 0 radical (unpaired) electrons. The fourth-order valence-electron chi connectivity index (χ4n) is 2.89. The Morgan fingerprint density at radius 1 is 1.08 bits per heavy atom. The number of hydrogen-bond donors (Lipinski definition) is 0. The van der Waals surface area contributed by atoms with Gasteiger partial charge in [0.15, 0.2) is 0 Å². The number of benzene rings is 1. The lowest BCUT2D eigenvalue weighted by Gasteiger charge is -2.12. The van der Waals surface area contributed by atoms with Crippen molar-refractivity contribution in [2.45, 2.75) is 19.9 Å². The molecule has 1 aromatic carbocycles. The quantitative estimate of drug-likeness (QED) is 0.512. The van der Waals surface area contributed by atoms with Crippen molar-refractivity contribution in [1.82, 2.24) is 24.1 Å². The third-order valence-corrected chi connectivity index (χ3v) is 4.17. The molecule has 0 fully saturated rings. The van der Waals surface area contributed by atoms with Crippen molar-refractivity contribution in [2.24, 2.45) is 0 Å². The largest absolute Gasteiger partial charge is 0.360 e. The summed E-state index contributed by atoms with van der Waals surface area (Å²) in [7, 11) is 0. The minimum atomic E-state index is -0.293. The fourth-order valence-corrected chi connectivity index (χ4v) is 2.89. The van der Waals surface area contributed by atoms with Gasteiger partial charge in [0.25, 0.3) is 5.82 Å². The summed E-state index contributed by atoms with van der Waals surface area (Å²) in [5.74, 6) is 0.0547. The predicted molar refractivity (Wildman–Crippen MR) is 96.2 cm³/mol. The van der Waals surface area contributed by atoms with Crippen LogP contribution in [0.5, 0.6) is 0 Å². The van der Waals surface area contributed by atoms with E-state index in [1.165, 1.54) is 22.8 Å². The van der Waals surface area contributed by atoms with Gasteiger partial charge in [-0.2, -0.15) is 0 Å². The van der Waals surface area contributed by atoms with Crippen molar-refractivity contribution in [3.8, 4) is 22.6 Å². The van der Waals surface area contributed by atoms with Gasteiger partial charge in [-0.3, -0.25) is 0 Å². The molecule has 0 aliphatic carbocycles. The zero-order valence-electron chi connectivity index (χ0n) is 14.3. The van der Waals surface area contributed by atoms with E-state index in [-0.39, 0.29) is 11.9 Å². The van der Waals surface area contributed by atoms with E-state index < -0.39 is 0 Å². The van der Waals surface area contributed by atoms with E-state index >= 15 is 0 Å². The molecule has 0 bridgehead atoms. The summed E-state index contributed by atoms with van der Waals surface area (Å²) in [6.45, 7) is 11.4. The van der Waals surface area contributed by atoms with Crippen LogP contribution in [0.15, 0.2) is 48.9 Å². The summed E-state index contributed by atoms with van der Waals surface area (Å²) in [5, 5.41) is 4.60. The second-order valence-electron chi connectivity index (χ2n) is 6.17. The van der Waals surface area contributed by atoms with E-state index in [1.807, 2.05) is 16.7 Å². The van der Waals surface area contributed by atoms with Gasteiger partial charge < -0.3 is 9.41 Å². The van der Waals surface area contributed by atoms with E-state index in [2.05, 4.69) is 33.8 Å². The Balaban J connectivity index is 1.96. The van der Waals surface area contributed by atoms with Crippen LogP contribution >= 0.6 is 0 Å². The van der Waals surface area contributed by atoms with E-state index in [0.29, 0.717) is 17.2 Å². The summed E-state index contributed by atoms with van der Waals surface area (Å²) in [4.78, 5) is 12.2. The number of fused-ring (bicyclic) bond motifs is 1. The SMILES string of the molecule is [C-]#[N+]c1cnc2ccc(-c3c(-c4ccc(F)cc4)ncn3C(C)C)nn12. The Morgan fingerprint density at radius 2 is 1.85 bits per heavy atom. The molecule has 7 heteroatoms. The number of imidazole rings is 2. The van der Waals surface area contributed by atoms with Crippen molar-refractivity contribution in [3.05, 3.63) is 66.2 Å². The minimum Gasteiger partial charge on any atom is -0.360 e. The second-order valence-corrected chi connectivity index (χ2v) is 6.17. The third-order valence-electron chi connectivity index (χ3n) is 4.17. The maximum atomic E-state index is 13.3. The molecule has 4 aromatic rings. The third kappa shape index (κ3) is 2.52. The normalized spacial score (nSPS) is 11.2. The first-order valence-electron chi connectivity index (χ1n) is 8.14. The Morgan fingerprint density at radius 3 is 2.54 bits per heavy atom. The van der Waals surface area contributed by atoms with Gasteiger partial charge in [0.2, 0.25) is 5.65 Å². The zero-order valence-corrected chi connectivity index (χ0v) is 14.3. The van der Waals surface area contributed by atoms with Crippen LogP contribution in [0.4, 0.5) is 10.2 Å². The average Bonchev–Trinajstić information content (AvgIpc) is 3.25. The van der Waals surface area contributed by atoms with Gasteiger partial charge in [-0.05, 0) is 44.2 Å². The van der Waals surface area contributed by atoms with Crippen LogP contribution in [0, 0.1) is 12.4 Å². The minimum absolute atomic E-state index is 0.160. The highest BCUT2D eigenvalue weighted by Gasteiger charge is 2.20. The molecule has 0 aliphatic heterocycles. The molecule has 0 atom stereocenters. The van der Waals surface area contributed by atoms with E-state index in [9.17, 15) is 4.39 Å². The van der Waals surface area contributed by atoms with Crippen LogP contribution in [0.25, 0.3) is 33.1 Å². The van der Waals surface area contributed by atoms with E-state index in [1.54, 1.807) is 18.5 Å². The average molecular weight is 346 g/mol. The molecule has 3 aromatic heterocycles. The molecule has 26 heavy (non-hydrogen) atoms. The molecule has 0 amide bonds. The maximum Gasteiger partial charge on any atom is 0.275 e. The van der Waals surface area contributed by atoms with Crippen LogP contribution in [-0.2, 0) is 0 Å². The standard InChI is InChI=1S/C19H15FN6/c1-12(2)25-11-23-18(13-4-6-14(20)7-5-13)19(25)15-8-9-16-22-10-17(21-3)26(16)24-15/h4-12H,1-2H3. The smallest absolute Gasteiger partial charge is 0.275 e. The summed E-state index contributed by atoms with van der Waals surface area (Å²) in [6.07, 6.45) is 3.26. The highest BCUT2D eigenvalue weighted by atomic mass is 19.1. The maximum absolute atomic E-state index is 13.3. The van der Waals surface area contributed by atoms with Crippen LogP contribution in [0.2, 0.25) is 0 Å². The van der Waals surface area contributed by atoms with E-state index in [0.717, 1.165) is 17.0 Å². The van der Waals surface area contributed by atoms with Gasteiger partial charge in [0.05, 0.1) is 23.9 Å². The van der Waals surface area contributed by atoms with Crippen molar-refractivity contribution in [1.29, 1.82) is 0 Å². The van der Waals surface area contributed by atoms with Gasteiger partial charge in [-0.15, -0.1) is 4.52 Å². The predicted octanol–water partition coefficient (Wildman–Crippen LogP) is 4.53. The van der Waals surface area contributed by atoms with Crippen molar-refractivity contribution in [2.75, 3.05) is 0 Å². The number of rotatable bonds is 3. The molecule has 0 aliphatic rings. The highest BCUT2D eigenvalue weighted by molar-refractivity contribution is 5.77. The van der Waals surface area contributed by atoms with Crippen LogP contribution < -0.4 is 0 Å². The first-order chi connectivity index (χ1) is 12.6. The van der Waals surface area contributed by atoms with Gasteiger partial charge in [-0.25, -0.2) is 14.4 Å². The first kappa shape index (κ1) is 16.0. The molecule has 128 valence electrons. The van der Waals surface area contributed by atoms with Gasteiger partial charge >= 0.3 is 0 Å². The van der Waals surface area contributed by atoms with Crippen molar-refractivity contribution >= 4 is 11.5 Å². The van der Waals surface area contributed by atoms with Gasteiger partial charge in [0.1, 0.15) is 11.5 Å². The Hall–Kier alpha value is -3.53. The van der Waals surface area contributed by atoms with E-state index in [4.69, 9.17) is 6.57 Å². The Bertz CT molecular complexity index is 1130. The summed E-state index contributed by atoms with van der Waals surface area (Å²) >= 11 is 0. The molecule has 0 unspecified atom stereocenters. The van der Waals surface area contributed by atoms with Gasteiger partial charge in [0, 0.05) is 17.7 Å². The molecule has 3 heterocycles. The molecule has 0 spiro atoms. The van der Waals surface area contributed by atoms with Gasteiger partial charge in [-0.1, -0.05) is 11.7 Å². The first-order valence-corrected chi connectivity index (χ1v) is 8.14.